The first-order valence-electron chi connectivity index (χ1n) is 9.03. The highest BCUT2D eigenvalue weighted by Crippen LogP contribution is 2.25. The number of amides is 1. The second-order valence-electron chi connectivity index (χ2n) is 6.36. The first kappa shape index (κ1) is 21.2. The number of ether oxygens (including phenoxy) is 1. The summed E-state index contributed by atoms with van der Waals surface area (Å²) in [5.74, 6) is 0.315. The van der Waals surface area contributed by atoms with E-state index in [1.807, 2.05) is 0 Å². The van der Waals surface area contributed by atoms with Gasteiger partial charge in [0.25, 0.3) is 5.91 Å². The van der Waals surface area contributed by atoms with Crippen LogP contribution in [0, 0.1) is 0 Å². The number of benzene rings is 2. The van der Waals surface area contributed by atoms with E-state index >= 15 is 0 Å². The lowest BCUT2D eigenvalue weighted by molar-refractivity contribution is 0.100. The number of carbonyl (C=O) groups is 1. The number of hydrogen-bond donors (Lipinski definition) is 1. The molecule has 0 saturated carbocycles. The molecule has 1 amide bonds. The zero-order valence-electron chi connectivity index (χ0n) is 15.9. The molecule has 158 valence electrons. The van der Waals surface area contributed by atoms with E-state index in [2.05, 4.69) is 20.5 Å². The molecule has 0 radical (unpaired) electrons. The molecule has 1 N–H and O–H groups in total. The molecule has 0 aliphatic rings. The fourth-order valence-corrected chi connectivity index (χ4v) is 3.38. The molecule has 8 nitrogen and oxygen atoms in total. The smallest absolute Gasteiger partial charge is 0.276 e. The van der Waals surface area contributed by atoms with E-state index in [-0.39, 0.29) is 12.7 Å². The van der Waals surface area contributed by atoms with Crippen LogP contribution in [0.4, 0.5) is 5.95 Å². The number of nitrogens with one attached hydrogen (secondary N) is 1. The van der Waals surface area contributed by atoms with Crippen molar-refractivity contribution in [3.8, 4) is 5.75 Å². The third-order valence-corrected chi connectivity index (χ3v) is 5.22. The van der Waals surface area contributed by atoms with Crippen molar-refractivity contribution in [2.45, 2.75) is 13.3 Å². The monoisotopic (exact) mass is 476 g/mol. The third kappa shape index (κ3) is 5.16. The Bertz CT molecular complexity index is 1190. The molecule has 0 atom stereocenters. The molecule has 2 aromatic heterocycles. The van der Waals surface area contributed by atoms with Gasteiger partial charge in [-0.2, -0.15) is 5.10 Å². The van der Waals surface area contributed by atoms with Gasteiger partial charge in [0.15, 0.2) is 6.73 Å². The quantitative estimate of drug-likeness (QED) is 0.414. The van der Waals surface area contributed by atoms with E-state index in [0.717, 1.165) is 0 Å². The van der Waals surface area contributed by atoms with Crippen LogP contribution < -0.4 is 10.1 Å². The van der Waals surface area contributed by atoms with Gasteiger partial charge in [-0.1, -0.05) is 40.9 Å². The number of halogens is 3. The maximum Gasteiger partial charge on any atom is 0.276 e. The minimum absolute atomic E-state index is 0.0459. The molecule has 0 spiro atoms. The number of hydrogen-bond acceptors (Lipinski definition) is 5. The summed E-state index contributed by atoms with van der Waals surface area (Å²) in [4.78, 5) is 16.8. The average molecular weight is 478 g/mol. The van der Waals surface area contributed by atoms with Gasteiger partial charge in [0.2, 0.25) is 5.95 Å². The fraction of sp³-hybridized carbons (Fsp3) is 0.100. The summed E-state index contributed by atoms with van der Waals surface area (Å²) in [6, 6.07) is 13.7. The molecule has 2 heterocycles. The molecule has 0 bridgehead atoms. The minimum Gasteiger partial charge on any atom is -0.471 e. The minimum atomic E-state index is -0.425. The van der Waals surface area contributed by atoms with Crippen LogP contribution in [-0.4, -0.2) is 30.5 Å². The standard InChI is InChI=1S/C20H15Cl3N6O2/c21-13-4-6-14(7-5-13)31-12-29-18(8-9-25-29)19(30)26-20-24-11-28(27-20)10-15-16(22)2-1-3-17(15)23/h1-9,11H,10,12H2,(H,26,27,30). The third-order valence-electron chi connectivity index (χ3n) is 4.26. The van der Waals surface area contributed by atoms with Gasteiger partial charge >= 0.3 is 0 Å². The molecule has 0 fully saturated rings. The lowest BCUT2D eigenvalue weighted by Crippen LogP contribution is -2.20. The first-order chi connectivity index (χ1) is 15.0. The Morgan fingerprint density at radius 3 is 2.52 bits per heavy atom. The van der Waals surface area contributed by atoms with Gasteiger partial charge < -0.3 is 4.74 Å². The van der Waals surface area contributed by atoms with Gasteiger partial charge in [-0.25, -0.2) is 14.3 Å². The summed E-state index contributed by atoms with van der Waals surface area (Å²) in [5.41, 5.74) is 1.01. The van der Waals surface area contributed by atoms with Gasteiger partial charge in [-0.15, -0.1) is 5.10 Å². The second kappa shape index (κ2) is 9.38. The number of rotatable bonds is 7. The Morgan fingerprint density at radius 2 is 1.77 bits per heavy atom. The fourth-order valence-electron chi connectivity index (χ4n) is 2.73. The molecule has 0 aliphatic carbocycles. The zero-order valence-corrected chi connectivity index (χ0v) is 18.1. The number of aromatic nitrogens is 5. The van der Waals surface area contributed by atoms with Crippen molar-refractivity contribution in [2.75, 3.05) is 5.32 Å². The maximum atomic E-state index is 12.7. The predicted molar refractivity (Wildman–Crippen MR) is 118 cm³/mol. The van der Waals surface area contributed by atoms with Gasteiger partial charge in [0.05, 0.1) is 6.54 Å². The highest BCUT2D eigenvalue weighted by molar-refractivity contribution is 6.36. The molecule has 2 aromatic carbocycles. The topological polar surface area (TPSA) is 86.9 Å². The van der Waals surface area contributed by atoms with E-state index in [4.69, 9.17) is 39.5 Å². The molecular weight excluding hydrogens is 463 g/mol. The highest BCUT2D eigenvalue weighted by atomic mass is 35.5. The molecule has 4 rings (SSSR count). The largest absolute Gasteiger partial charge is 0.471 e. The molecule has 0 unspecified atom stereocenters. The van der Waals surface area contributed by atoms with Crippen LogP contribution in [0.15, 0.2) is 61.1 Å². The molecular formula is C20H15Cl3N6O2. The van der Waals surface area contributed by atoms with E-state index in [1.165, 1.54) is 21.9 Å². The maximum absolute atomic E-state index is 12.7. The predicted octanol–water partition coefficient (Wildman–Crippen LogP) is 4.77. The second-order valence-corrected chi connectivity index (χ2v) is 7.61. The zero-order chi connectivity index (χ0) is 21.8. The molecule has 0 saturated heterocycles. The van der Waals surface area contributed by atoms with Crippen molar-refractivity contribution in [1.82, 2.24) is 24.5 Å². The van der Waals surface area contributed by atoms with Crippen molar-refractivity contribution >= 4 is 46.7 Å². The summed E-state index contributed by atoms with van der Waals surface area (Å²) >= 11 is 18.3. The van der Waals surface area contributed by atoms with Crippen LogP contribution in [0.3, 0.4) is 0 Å². The van der Waals surface area contributed by atoms with Crippen LogP contribution in [0.5, 0.6) is 5.75 Å². The van der Waals surface area contributed by atoms with Crippen molar-refractivity contribution in [2.24, 2.45) is 0 Å². The average Bonchev–Trinajstić information content (AvgIpc) is 3.40. The summed E-state index contributed by atoms with van der Waals surface area (Å²) in [6.45, 7) is 0.360. The van der Waals surface area contributed by atoms with E-state index in [1.54, 1.807) is 48.5 Å². The van der Waals surface area contributed by atoms with Crippen molar-refractivity contribution in [3.63, 3.8) is 0 Å². The van der Waals surface area contributed by atoms with Crippen molar-refractivity contribution in [3.05, 3.63) is 87.4 Å². The summed E-state index contributed by atoms with van der Waals surface area (Å²) in [5, 5.41) is 12.7. The van der Waals surface area contributed by atoms with Crippen LogP contribution in [-0.2, 0) is 13.3 Å². The van der Waals surface area contributed by atoms with Gasteiger partial charge in [0, 0.05) is 26.8 Å². The highest BCUT2D eigenvalue weighted by Gasteiger charge is 2.15. The van der Waals surface area contributed by atoms with Crippen LogP contribution >= 0.6 is 34.8 Å². The van der Waals surface area contributed by atoms with Crippen molar-refractivity contribution < 1.29 is 9.53 Å². The van der Waals surface area contributed by atoms with Crippen molar-refractivity contribution in [1.29, 1.82) is 0 Å². The summed E-state index contributed by atoms with van der Waals surface area (Å²) in [6.07, 6.45) is 2.99. The molecule has 4 aromatic rings. The Morgan fingerprint density at radius 1 is 1.03 bits per heavy atom. The summed E-state index contributed by atoms with van der Waals surface area (Å²) < 4.78 is 8.59. The van der Waals surface area contributed by atoms with Gasteiger partial charge in [-0.3, -0.25) is 10.1 Å². The van der Waals surface area contributed by atoms with E-state index in [0.29, 0.717) is 38.6 Å². The van der Waals surface area contributed by atoms with E-state index < -0.39 is 5.91 Å². The Balaban J connectivity index is 1.40. The molecule has 11 heteroatoms. The Kier molecular flexibility index (Phi) is 6.41. The van der Waals surface area contributed by atoms with Gasteiger partial charge in [-0.05, 0) is 42.5 Å². The summed E-state index contributed by atoms with van der Waals surface area (Å²) in [7, 11) is 0. The lowest BCUT2D eigenvalue weighted by Gasteiger charge is -2.09. The molecule has 31 heavy (non-hydrogen) atoms. The lowest BCUT2D eigenvalue weighted by atomic mass is 10.2. The number of anilines is 1. The molecule has 0 aliphatic heterocycles. The van der Waals surface area contributed by atoms with Crippen LogP contribution in [0.1, 0.15) is 16.1 Å². The SMILES string of the molecule is O=C(Nc1ncn(Cc2c(Cl)cccc2Cl)n1)c1ccnn1COc1ccc(Cl)cc1. The first-order valence-corrected chi connectivity index (χ1v) is 10.2. The normalized spacial score (nSPS) is 10.8. The Labute approximate surface area is 192 Å². The van der Waals surface area contributed by atoms with E-state index in [9.17, 15) is 4.79 Å². The van der Waals surface area contributed by atoms with Crippen LogP contribution in [0.25, 0.3) is 0 Å². The number of nitrogens with zero attached hydrogens (tertiary/aromatic N) is 5. The Hall–Kier alpha value is -3.07. The number of carbonyl (C=O) groups excluding carboxylic acids is 1. The van der Waals surface area contributed by atoms with Gasteiger partial charge in [0.1, 0.15) is 17.8 Å². The van der Waals surface area contributed by atoms with Crippen LogP contribution in [0.2, 0.25) is 15.1 Å².